The van der Waals surface area contributed by atoms with Crippen LogP contribution in [0, 0.1) is 0 Å². The normalized spacial score (nSPS) is 11.4. The van der Waals surface area contributed by atoms with Gasteiger partial charge in [-0.2, -0.15) is 0 Å². The first-order valence-electron chi connectivity index (χ1n) is 35.4. The minimum absolute atomic E-state index is 0.553. The van der Waals surface area contributed by atoms with E-state index >= 15 is 0 Å². The lowest BCUT2D eigenvalue weighted by Crippen LogP contribution is -2.31. The summed E-state index contributed by atoms with van der Waals surface area (Å²) in [6.07, 6.45) is 0. The van der Waals surface area contributed by atoms with Crippen LogP contribution in [-0.4, -0.2) is 17.2 Å². The van der Waals surface area contributed by atoms with E-state index in [1.807, 2.05) is 36.4 Å². The SMILES string of the molecule is Brc1ccc(-c2cccc3c2ccc2ccccc23)cc1.OB(O)c1c2ccccc2c(-c2ccc(-c3cccc4ccccc34)cc2)c2ccccc12.c1cc(-c2c3ccccc3c(-c3ccc(-c4cccc5ccccc45)cc3)c3ccccc23)cc(-c2cccc3c2ccc2ccccc23)c1. The molecule has 2 N–H and O–H groups in total. The predicted molar refractivity (Wildman–Crippen MR) is 450 cm³/mol. The molecule has 2 nitrogen and oxygen atoms in total. The zero-order valence-corrected chi connectivity index (χ0v) is 58.4. The molecule has 0 radical (unpaired) electrons. The van der Waals surface area contributed by atoms with Crippen LogP contribution in [0.1, 0.15) is 0 Å². The molecule has 20 aromatic carbocycles. The van der Waals surface area contributed by atoms with Gasteiger partial charge in [-0.25, -0.2) is 0 Å². The van der Waals surface area contributed by atoms with Gasteiger partial charge in [-0.1, -0.05) is 386 Å². The average molecular weight is 1390 g/mol. The lowest BCUT2D eigenvalue weighted by atomic mass is 9.72. The van der Waals surface area contributed by atoms with Crippen molar-refractivity contribution in [1.82, 2.24) is 0 Å². The first kappa shape index (κ1) is 63.6. The summed E-state index contributed by atoms with van der Waals surface area (Å²) >= 11 is 3.50. The zero-order chi connectivity index (χ0) is 69.6. The van der Waals surface area contributed by atoms with Crippen LogP contribution in [0.5, 0.6) is 0 Å². The molecule has 0 unspecified atom stereocenters. The fraction of sp³-hybridized carbons (Fsp3) is 0. The van der Waals surface area contributed by atoms with Gasteiger partial charge in [0.15, 0.2) is 0 Å². The van der Waals surface area contributed by atoms with Crippen LogP contribution in [0.4, 0.5) is 0 Å². The Labute approximate surface area is 612 Å². The van der Waals surface area contributed by atoms with E-state index in [0.29, 0.717) is 5.46 Å². The van der Waals surface area contributed by atoms with E-state index in [-0.39, 0.29) is 0 Å². The molecule has 0 amide bonds. The number of rotatable bonds is 8. The summed E-state index contributed by atoms with van der Waals surface area (Å²) in [5.41, 5.74) is 17.7. The summed E-state index contributed by atoms with van der Waals surface area (Å²) in [6.45, 7) is 0. The zero-order valence-electron chi connectivity index (χ0n) is 56.8. The Morgan fingerprint density at radius 2 is 0.433 bits per heavy atom. The smallest absolute Gasteiger partial charge is 0.423 e. The summed E-state index contributed by atoms with van der Waals surface area (Å²) in [7, 11) is -1.54. The van der Waals surface area contributed by atoms with E-state index < -0.39 is 7.12 Å². The van der Waals surface area contributed by atoms with E-state index in [0.717, 1.165) is 37.1 Å². The summed E-state index contributed by atoms with van der Waals surface area (Å²) < 4.78 is 1.11. The lowest BCUT2D eigenvalue weighted by molar-refractivity contribution is 0.426. The summed E-state index contributed by atoms with van der Waals surface area (Å²) in [5.74, 6) is 0. The van der Waals surface area contributed by atoms with Crippen LogP contribution in [0.2, 0.25) is 0 Å². The fourth-order valence-electron chi connectivity index (χ4n) is 16.1. The number of benzene rings is 20. The van der Waals surface area contributed by atoms with Gasteiger partial charge in [0.05, 0.1) is 0 Å². The molecule has 0 aliphatic rings. The molecule has 0 spiro atoms. The maximum atomic E-state index is 10.2. The van der Waals surface area contributed by atoms with E-state index in [2.05, 4.69) is 368 Å². The van der Waals surface area contributed by atoms with Gasteiger partial charge in [0.2, 0.25) is 0 Å². The van der Waals surface area contributed by atoms with Gasteiger partial charge >= 0.3 is 7.12 Å². The van der Waals surface area contributed by atoms with Gasteiger partial charge in [0.1, 0.15) is 0 Å². The minimum atomic E-state index is -1.54. The quantitative estimate of drug-likeness (QED) is 0.0904. The van der Waals surface area contributed by atoms with Crippen molar-refractivity contribution < 1.29 is 10.0 Å². The topological polar surface area (TPSA) is 40.5 Å². The molecule has 0 atom stereocenters. The average Bonchev–Trinajstić information content (AvgIpc) is 0.741. The minimum Gasteiger partial charge on any atom is -0.423 e. The first-order chi connectivity index (χ1) is 51.4. The van der Waals surface area contributed by atoms with Gasteiger partial charge in [-0.05, 0) is 209 Å². The molecule has 0 heterocycles. The number of fused-ring (bicyclic) bond motifs is 12. The predicted octanol–water partition coefficient (Wildman–Crippen LogP) is 26.7. The highest BCUT2D eigenvalue weighted by molar-refractivity contribution is 9.10. The third-order valence-electron chi connectivity index (χ3n) is 20.9. The van der Waals surface area contributed by atoms with Crippen molar-refractivity contribution in [3.63, 3.8) is 0 Å². The summed E-state index contributed by atoms with van der Waals surface area (Å²) in [6, 6.07) is 139. The largest absolute Gasteiger partial charge is 0.489 e. The highest BCUT2D eigenvalue weighted by Gasteiger charge is 2.23. The second-order valence-corrected chi connectivity index (χ2v) is 27.7. The van der Waals surface area contributed by atoms with E-state index in [1.54, 1.807) is 0 Å². The standard InChI is InChI=1S/C50H32.C30H21BO2.C20H13Br/c1-3-17-39-33(12-1)14-10-23-40(39)35-26-28-36(29-27-35)49-45-19-5-7-21-47(45)50(48-22-8-6-20-46(48)49)38-16-9-15-37(32-38)42-24-11-25-43-41-18-4-2-13-34(41)30-31-44(42)43;32-31(33)30-27-13-5-3-11-25(27)29(26-12-4-6-14-28(26)30)22-18-16-21(17-19-22)24-15-7-9-20-8-1-2-10-23(20)24;21-16-11-8-15(9-12-16)18-6-3-7-19-17-5-2-1-4-14(17)10-13-20(18)19/h1-32H;1-19,32-33H;1-13H. The third kappa shape index (κ3) is 11.6. The third-order valence-corrected chi connectivity index (χ3v) is 21.4. The molecule has 104 heavy (non-hydrogen) atoms. The fourth-order valence-corrected chi connectivity index (χ4v) is 16.4. The van der Waals surface area contributed by atoms with Crippen LogP contribution in [0.15, 0.2) is 393 Å². The van der Waals surface area contributed by atoms with Crippen LogP contribution in [0.25, 0.3) is 186 Å². The van der Waals surface area contributed by atoms with Crippen LogP contribution >= 0.6 is 15.9 Å². The molecular weight excluding hydrogens is 1320 g/mol. The van der Waals surface area contributed by atoms with E-state index in [4.69, 9.17) is 0 Å². The van der Waals surface area contributed by atoms with Crippen molar-refractivity contribution in [1.29, 1.82) is 0 Å². The molecular formula is C100H66BBrO2. The number of halogens is 1. The van der Waals surface area contributed by atoms with Crippen molar-refractivity contribution in [3.05, 3.63) is 393 Å². The highest BCUT2D eigenvalue weighted by atomic mass is 79.9. The molecule has 4 heteroatoms. The van der Waals surface area contributed by atoms with Crippen LogP contribution in [-0.2, 0) is 0 Å². The van der Waals surface area contributed by atoms with Gasteiger partial charge in [0.25, 0.3) is 0 Å². The van der Waals surface area contributed by atoms with Gasteiger partial charge in [0, 0.05) is 4.47 Å². The molecule has 0 aromatic heterocycles. The maximum Gasteiger partial charge on any atom is 0.489 e. The maximum absolute atomic E-state index is 10.2. The molecule has 0 bridgehead atoms. The molecule has 488 valence electrons. The Morgan fingerprint density at radius 3 is 0.837 bits per heavy atom. The Balaban J connectivity index is 0.000000122. The van der Waals surface area contributed by atoms with Crippen molar-refractivity contribution in [2.45, 2.75) is 0 Å². The van der Waals surface area contributed by atoms with Gasteiger partial charge < -0.3 is 10.0 Å². The second-order valence-electron chi connectivity index (χ2n) is 26.8. The van der Waals surface area contributed by atoms with Gasteiger partial charge in [-0.3, -0.25) is 0 Å². The number of hydrogen-bond acceptors (Lipinski definition) is 2. The van der Waals surface area contributed by atoms with Crippen LogP contribution < -0.4 is 5.46 Å². The van der Waals surface area contributed by atoms with Crippen molar-refractivity contribution in [3.8, 4) is 77.9 Å². The van der Waals surface area contributed by atoms with Gasteiger partial charge in [-0.15, -0.1) is 0 Å². The number of hydrogen-bond donors (Lipinski definition) is 2. The summed E-state index contributed by atoms with van der Waals surface area (Å²) in [4.78, 5) is 0. The Bertz CT molecular complexity index is 6580. The van der Waals surface area contributed by atoms with E-state index in [1.165, 1.54) is 153 Å². The second kappa shape index (κ2) is 27.4. The van der Waals surface area contributed by atoms with Crippen molar-refractivity contribution in [2.75, 3.05) is 0 Å². The molecule has 0 fully saturated rings. The Morgan fingerprint density at radius 1 is 0.173 bits per heavy atom. The molecule has 0 saturated heterocycles. The monoisotopic (exact) mass is 1390 g/mol. The van der Waals surface area contributed by atoms with Crippen molar-refractivity contribution in [2.24, 2.45) is 0 Å². The summed E-state index contributed by atoms with van der Waals surface area (Å²) in [5, 5.41) is 44.5. The Kier molecular flexibility index (Phi) is 16.8. The van der Waals surface area contributed by atoms with Crippen LogP contribution in [0.3, 0.4) is 0 Å². The molecule has 0 aliphatic heterocycles. The molecule has 20 rings (SSSR count). The molecule has 0 saturated carbocycles. The molecule has 0 aliphatic carbocycles. The molecule has 20 aromatic rings. The first-order valence-corrected chi connectivity index (χ1v) is 36.2. The highest BCUT2D eigenvalue weighted by Crippen LogP contribution is 2.46. The lowest BCUT2D eigenvalue weighted by Gasteiger charge is -2.18. The Hall–Kier alpha value is -12.5. The van der Waals surface area contributed by atoms with E-state index in [9.17, 15) is 10.0 Å². The van der Waals surface area contributed by atoms with Crippen molar-refractivity contribution >= 4 is 136 Å².